The monoisotopic (exact) mass is 287 g/mol. The molecule has 1 aromatic carbocycles. The van der Waals surface area contributed by atoms with Gasteiger partial charge in [0.05, 0.1) is 0 Å². The van der Waals surface area contributed by atoms with Crippen molar-refractivity contribution < 1.29 is 0 Å². The number of nitrogens with zero attached hydrogens (tertiary/aromatic N) is 3. The SMILES string of the molecule is Clc1ncc(Cc2ccc(-c3ncccn3)cc2)s1. The van der Waals surface area contributed by atoms with Crippen LogP contribution in [0.4, 0.5) is 0 Å². The van der Waals surface area contributed by atoms with Gasteiger partial charge < -0.3 is 0 Å². The van der Waals surface area contributed by atoms with E-state index in [9.17, 15) is 0 Å². The summed E-state index contributed by atoms with van der Waals surface area (Å²) < 4.78 is 0.587. The molecule has 0 spiro atoms. The Morgan fingerprint density at radius 2 is 1.74 bits per heavy atom. The van der Waals surface area contributed by atoms with Gasteiger partial charge in [-0.1, -0.05) is 35.9 Å². The molecule has 0 amide bonds. The minimum absolute atomic E-state index is 0.587. The van der Waals surface area contributed by atoms with Gasteiger partial charge in [-0.3, -0.25) is 0 Å². The molecule has 0 fully saturated rings. The maximum atomic E-state index is 5.82. The lowest BCUT2D eigenvalue weighted by atomic mass is 10.1. The molecular formula is C14H10ClN3S. The number of rotatable bonds is 3. The Bertz CT molecular complexity index is 665. The summed E-state index contributed by atoms with van der Waals surface area (Å²) >= 11 is 7.34. The van der Waals surface area contributed by atoms with Gasteiger partial charge in [0.1, 0.15) is 0 Å². The van der Waals surface area contributed by atoms with Crippen molar-refractivity contribution in [1.82, 2.24) is 15.0 Å². The van der Waals surface area contributed by atoms with E-state index < -0.39 is 0 Å². The average Bonchev–Trinajstić information content (AvgIpc) is 2.86. The molecule has 0 aliphatic carbocycles. The molecular weight excluding hydrogens is 278 g/mol. The van der Waals surface area contributed by atoms with Crippen LogP contribution in [0.25, 0.3) is 11.4 Å². The van der Waals surface area contributed by atoms with Gasteiger partial charge in [0.2, 0.25) is 0 Å². The van der Waals surface area contributed by atoms with Crippen molar-refractivity contribution in [3.05, 3.63) is 63.8 Å². The molecule has 0 N–H and O–H groups in total. The normalized spacial score (nSPS) is 10.6. The smallest absolute Gasteiger partial charge is 0.183 e. The molecule has 2 heterocycles. The fourth-order valence-corrected chi connectivity index (χ4v) is 2.80. The Balaban J connectivity index is 1.79. The van der Waals surface area contributed by atoms with E-state index in [1.165, 1.54) is 16.9 Å². The Morgan fingerprint density at radius 1 is 1.00 bits per heavy atom. The third kappa shape index (κ3) is 2.97. The largest absolute Gasteiger partial charge is 0.237 e. The van der Waals surface area contributed by atoms with Crippen LogP contribution in [-0.2, 0) is 6.42 Å². The first-order chi connectivity index (χ1) is 9.31. The van der Waals surface area contributed by atoms with Crippen LogP contribution in [0.3, 0.4) is 0 Å². The highest BCUT2D eigenvalue weighted by atomic mass is 35.5. The van der Waals surface area contributed by atoms with Gasteiger partial charge in [-0.15, -0.1) is 11.3 Å². The molecule has 0 atom stereocenters. The van der Waals surface area contributed by atoms with E-state index in [2.05, 4.69) is 27.1 Å². The summed E-state index contributed by atoms with van der Waals surface area (Å²) in [7, 11) is 0. The fourth-order valence-electron chi connectivity index (χ4n) is 1.79. The molecule has 0 radical (unpaired) electrons. The van der Waals surface area contributed by atoms with E-state index in [1.807, 2.05) is 24.4 Å². The molecule has 5 heteroatoms. The standard InChI is InChI=1S/C14H10ClN3S/c15-14-18-9-12(19-14)8-10-2-4-11(5-3-10)13-16-6-1-7-17-13/h1-7,9H,8H2. The lowest BCUT2D eigenvalue weighted by Gasteiger charge is -2.01. The summed E-state index contributed by atoms with van der Waals surface area (Å²) in [5.74, 6) is 0.745. The van der Waals surface area contributed by atoms with E-state index in [4.69, 9.17) is 11.6 Å². The van der Waals surface area contributed by atoms with Gasteiger partial charge in [-0.25, -0.2) is 15.0 Å². The van der Waals surface area contributed by atoms with Crippen LogP contribution in [0, 0.1) is 0 Å². The first-order valence-electron chi connectivity index (χ1n) is 5.78. The molecule has 0 saturated carbocycles. The van der Waals surface area contributed by atoms with Gasteiger partial charge >= 0.3 is 0 Å². The highest BCUT2D eigenvalue weighted by molar-refractivity contribution is 7.15. The maximum absolute atomic E-state index is 5.82. The van der Waals surface area contributed by atoms with Crippen LogP contribution < -0.4 is 0 Å². The van der Waals surface area contributed by atoms with E-state index in [-0.39, 0.29) is 0 Å². The van der Waals surface area contributed by atoms with Crippen LogP contribution in [0.5, 0.6) is 0 Å². The predicted octanol–water partition coefficient (Wildman–Crippen LogP) is 3.84. The first-order valence-corrected chi connectivity index (χ1v) is 6.97. The Hall–Kier alpha value is -1.78. The molecule has 3 aromatic rings. The summed E-state index contributed by atoms with van der Waals surface area (Å²) in [6.45, 7) is 0. The highest BCUT2D eigenvalue weighted by Crippen LogP contribution is 2.22. The molecule has 3 rings (SSSR count). The maximum Gasteiger partial charge on any atom is 0.183 e. The molecule has 0 aliphatic rings. The average molecular weight is 288 g/mol. The number of halogens is 1. The molecule has 19 heavy (non-hydrogen) atoms. The van der Waals surface area contributed by atoms with Gasteiger partial charge in [0, 0.05) is 35.5 Å². The number of hydrogen-bond acceptors (Lipinski definition) is 4. The highest BCUT2D eigenvalue weighted by Gasteiger charge is 2.03. The molecule has 0 aliphatic heterocycles. The zero-order valence-corrected chi connectivity index (χ0v) is 11.5. The zero-order valence-electron chi connectivity index (χ0n) is 9.95. The second-order valence-corrected chi connectivity index (χ2v) is 5.72. The van der Waals surface area contributed by atoms with Crippen molar-refractivity contribution in [2.45, 2.75) is 6.42 Å². The Morgan fingerprint density at radius 3 is 2.37 bits per heavy atom. The first kappa shape index (κ1) is 12.3. The van der Waals surface area contributed by atoms with Crippen molar-refractivity contribution in [1.29, 1.82) is 0 Å². The van der Waals surface area contributed by atoms with Crippen molar-refractivity contribution in [2.75, 3.05) is 0 Å². The lowest BCUT2D eigenvalue weighted by molar-refractivity contribution is 1.17. The van der Waals surface area contributed by atoms with Crippen LogP contribution in [0.2, 0.25) is 4.47 Å². The zero-order chi connectivity index (χ0) is 13.1. The quantitative estimate of drug-likeness (QED) is 0.734. The van der Waals surface area contributed by atoms with E-state index in [1.54, 1.807) is 12.4 Å². The number of hydrogen-bond donors (Lipinski definition) is 0. The van der Waals surface area contributed by atoms with Crippen molar-refractivity contribution in [3.8, 4) is 11.4 Å². The van der Waals surface area contributed by atoms with E-state index in [0.717, 1.165) is 22.7 Å². The summed E-state index contributed by atoms with van der Waals surface area (Å²) in [5.41, 5.74) is 2.24. The topological polar surface area (TPSA) is 38.7 Å². The summed E-state index contributed by atoms with van der Waals surface area (Å²) in [5, 5.41) is 0. The predicted molar refractivity (Wildman–Crippen MR) is 77.4 cm³/mol. The molecule has 94 valence electrons. The molecule has 2 aromatic heterocycles. The summed E-state index contributed by atoms with van der Waals surface area (Å²) in [4.78, 5) is 13.7. The Labute approximate surface area is 120 Å². The fraction of sp³-hybridized carbons (Fsp3) is 0.0714. The second-order valence-electron chi connectivity index (χ2n) is 4.03. The number of thiazole rings is 1. The van der Waals surface area contributed by atoms with E-state index >= 15 is 0 Å². The van der Waals surface area contributed by atoms with Crippen LogP contribution in [0.15, 0.2) is 48.9 Å². The molecule has 0 unspecified atom stereocenters. The van der Waals surface area contributed by atoms with Crippen LogP contribution in [0.1, 0.15) is 10.4 Å². The van der Waals surface area contributed by atoms with Crippen molar-refractivity contribution in [2.24, 2.45) is 0 Å². The molecule has 3 nitrogen and oxygen atoms in total. The van der Waals surface area contributed by atoms with Crippen molar-refractivity contribution >= 4 is 22.9 Å². The van der Waals surface area contributed by atoms with Gasteiger partial charge in [0.25, 0.3) is 0 Å². The lowest BCUT2D eigenvalue weighted by Crippen LogP contribution is -1.88. The van der Waals surface area contributed by atoms with Gasteiger partial charge in [0.15, 0.2) is 10.3 Å². The van der Waals surface area contributed by atoms with Crippen molar-refractivity contribution in [3.63, 3.8) is 0 Å². The third-order valence-corrected chi connectivity index (χ3v) is 3.80. The summed E-state index contributed by atoms with van der Waals surface area (Å²) in [6.07, 6.45) is 6.16. The van der Waals surface area contributed by atoms with Crippen LogP contribution in [-0.4, -0.2) is 15.0 Å². The van der Waals surface area contributed by atoms with Gasteiger partial charge in [-0.2, -0.15) is 0 Å². The third-order valence-electron chi connectivity index (χ3n) is 2.68. The molecule has 0 bridgehead atoms. The van der Waals surface area contributed by atoms with Crippen LogP contribution >= 0.6 is 22.9 Å². The number of aromatic nitrogens is 3. The summed E-state index contributed by atoms with van der Waals surface area (Å²) in [6, 6.07) is 10.0. The Kier molecular flexibility index (Phi) is 3.53. The second kappa shape index (κ2) is 5.47. The minimum Gasteiger partial charge on any atom is -0.237 e. The van der Waals surface area contributed by atoms with Gasteiger partial charge in [-0.05, 0) is 11.6 Å². The molecule has 0 saturated heterocycles. The minimum atomic E-state index is 0.587. The van der Waals surface area contributed by atoms with E-state index in [0.29, 0.717) is 4.47 Å². The number of benzene rings is 1.